The molecule has 4 aromatic rings. The molecule has 31 heteroatoms. The van der Waals surface area contributed by atoms with Crippen LogP contribution in [-0.2, 0) is 57.2 Å². The number of aromatic nitrogens is 6. The number of carboxylic acids is 1. The molecule has 2 aromatic carbocycles. The summed E-state index contributed by atoms with van der Waals surface area (Å²) in [6.07, 6.45) is 8.12. The second-order valence-electron chi connectivity index (χ2n) is 24.0. The molecule has 4 aliphatic heterocycles. The number of aryl methyl sites for hydroxylation is 4. The van der Waals surface area contributed by atoms with Crippen LogP contribution in [0.25, 0.3) is 35.2 Å². The third-order valence-electron chi connectivity index (χ3n) is 13.6. The molecule has 8 rings (SSSR count). The van der Waals surface area contributed by atoms with Crippen LogP contribution in [0.1, 0.15) is 91.5 Å². The van der Waals surface area contributed by atoms with Crippen LogP contribution in [0.15, 0.2) is 61.2 Å². The third-order valence-corrected chi connectivity index (χ3v) is 14.1. The highest BCUT2D eigenvalue weighted by Crippen LogP contribution is 2.22. The molecule has 0 unspecified atom stereocenters. The van der Waals surface area contributed by atoms with Gasteiger partial charge < -0.3 is 44.0 Å². The average Bonchev–Trinajstić information content (AvgIpc) is 1.55. The number of carbonyl (C=O) groups excluding carboxylic acids is 5. The number of hydrazine groups is 3. The van der Waals surface area contributed by atoms with E-state index in [0.29, 0.717) is 77.5 Å². The number of esters is 2. The van der Waals surface area contributed by atoms with Gasteiger partial charge in [0, 0.05) is 90.6 Å². The summed E-state index contributed by atoms with van der Waals surface area (Å²) < 4.78 is 33.3. The molecule has 4 saturated heterocycles. The summed E-state index contributed by atoms with van der Waals surface area (Å²) in [5.74, 6) is 11.9. The molecule has 2 aromatic heterocycles. The maximum atomic E-state index is 12.1. The molecule has 12 N–H and O–H groups in total. The molecule has 4 aliphatic rings. The number of carboxylic acid groups (broad SMARTS) is 1. The van der Waals surface area contributed by atoms with Crippen molar-refractivity contribution < 1.29 is 67.4 Å². The van der Waals surface area contributed by atoms with Crippen LogP contribution in [0, 0.1) is 27.7 Å². The summed E-state index contributed by atoms with van der Waals surface area (Å²) in [7, 11) is 1.35. The van der Waals surface area contributed by atoms with Crippen molar-refractivity contribution in [3.63, 3.8) is 0 Å². The van der Waals surface area contributed by atoms with Gasteiger partial charge in [-0.1, -0.05) is 50.3 Å². The molecule has 0 spiro atoms. The van der Waals surface area contributed by atoms with Crippen molar-refractivity contribution >= 4 is 64.0 Å². The molecule has 94 heavy (non-hydrogen) atoms. The predicted octanol–water partition coefficient (Wildman–Crippen LogP) is 2.91. The highest BCUT2D eigenvalue weighted by Gasteiger charge is 2.34. The monoisotopic (exact) mass is 1390 g/mol. The number of hydrogen-bond acceptors (Lipinski definition) is 24. The fourth-order valence-electron chi connectivity index (χ4n) is 8.86. The Morgan fingerprint density at radius 2 is 1.03 bits per heavy atom. The predicted molar refractivity (Wildman–Crippen MR) is 363 cm³/mol. The van der Waals surface area contributed by atoms with Crippen LogP contribution in [0.5, 0.6) is 0 Å². The Kier molecular flexibility index (Phi) is 40.4. The first-order valence-corrected chi connectivity index (χ1v) is 31.7. The summed E-state index contributed by atoms with van der Waals surface area (Å²) in [5.41, 5.74) is 13.2. The number of aliphatic hydroxyl groups excluding tert-OH is 1. The summed E-state index contributed by atoms with van der Waals surface area (Å²) >= 11 is 2.90. The lowest BCUT2D eigenvalue weighted by Crippen LogP contribution is -2.57. The molecule has 528 valence electrons. The lowest BCUT2D eigenvalue weighted by Gasteiger charge is -2.41. The highest BCUT2D eigenvalue weighted by atomic mass is 79.9. The quantitative estimate of drug-likeness (QED) is 0.0219. The van der Waals surface area contributed by atoms with Crippen LogP contribution in [0.3, 0.4) is 0 Å². The third kappa shape index (κ3) is 35.0. The second kappa shape index (κ2) is 44.6. The zero-order valence-electron chi connectivity index (χ0n) is 57.6. The molecule has 0 atom stereocenters. The van der Waals surface area contributed by atoms with E-state index in [0.717, 1.165) is 72.3 Å². The Balaban J connectivity index is 0.000000596. The van der Waals surface area contributed by atoms with Crippen molar-refractivity contribution in [3.8, 4) is 22.8 Å². The van der Waals surface area contributed by atoms with Crippen LogP contribution >= 0.6 is 15.9 Å². The molecule has 30 nitrogen and oxygen atoms in total. The van der Waals surface area contributed by atoms with Crippen LogP contribution in [0.4, 0.5) is 0 Å². The molecule has 3 amide bonds. The minimum Gasteiger partial charge on any atom is -0.478 e. The zero-order chi connectivity index (χ0) is 71.1. The number of carbonyl (C=O) groups is 6. The van der Waals surface area contributed by atoms with Gasteiger partial charge in [0.15, 0.2) is 11.6 Å². The number of amides is 3. The summed E-state index contributed by atoms with van der Waals surface area (Å²) in [6.45, 7) is 38.5. The van der Waals surface area contributed by atoms with Crippen molar-refractivity contribution in [3.05, 3.63) is 83.5 Å². The van der Waals surface area contributed by atoms with E-state index < -0.39 is 11.9 Å². The average molecular weight is 1390 g/mol. The number of nitrogens with one attached hydrogen (secondary N) is 4. The Bertz CT molecular complexity index is 2920. The molecular weight excluding hydrogens is 1280 g/mol. The van der Waals surface area contributed by atoms with Crippen LogP contribution < -0.4 is 39.1 Å². The van der Waals surface area contributed by atoms with E-state index in [1.54, 1.807) is 6.92 Å². The minimum atomic E-state index is -1.02. The number of aliphatic hydroxyl groups is 1. The van der Waals surface area contributed by atoms with E-state index >= 15 is 0 Å². The zero-order valence-corrected chi connectivity index (χ0v) is 59.2. The maximum Gasteiger partial charge on any atom is 0.329 e. The van der Waals surface area contributed by atoms with Crippen molar-refractivity contribution in [2.45, 2.75) is 119 Å². The first kappa shape index (κ1) is 85.0. The van der Waals surface area contributed by atoms with Gasteiger partial charge >= 0.3 is 17.9 Å². The molecule has 0 saturated carbocycles. The highest BCUT2D eigenvalue weighted by molar-refractivity contribution is 9.09. The Hall–Kier alpha value is -6.98. The number of hydrogen-bond donors (Lipinski definition) is 9. The van der Waals surface area contributed by atoms with E-state index in [1.165, 1.54) is 47.6 Å². The van der Waals surface area contributed by atoms with Crippen molar-refractivity contribution in [1.29, 1.82) is 0 Å². The Labute approximate surface area is 562 Å². The van der Waals surface area contributed by atoms with E-state index in [-0.39, 0.29) is 64.4 Å². The minimum absolute atomic E-state index is 0.0645. The molecule has 0 aliphatic carbocycles. The van der Waals surface area contributed by atoms with Crippen molar-refractivity contribution in [1.82, 2.24) is 65.8 Å². The largest absolute Gasteiger partial charge is 0.478 e. The van der Waals surface area contributed by atoms with E-state index in [2.05, 4.69) is 138 Å². The summed E-state index contributed by atoms with van der Waals surface area (Å²) in [6, 6.07) is 12.2. The van der Waals surface area contributed by atoms with Gasteiger partial charge in [-0.25, -0.2) is 30.0 Å². The molecule has 0 bridgehead atoms. The lowest BCUT2D eigenvalue weighted by atomic mass is 10.0. The van der Waals surface area contributed by atoms with E-state index in [9.17, 15) is 28.8 Å². The number of morpholine rings is 4. The molecule has 4 fully saturated rings. The van der Waals surface area contributed by atoms with Gasteiger partial charge in [0.1, 0.15) is 18.0 Å². The molecule has 0 radical (unpaired) electrons. The van der Waals surface area contributed by atoms with E-state index in [4.69, 9.17) is 39.7 Å². The fraction of sp³-hybridized carbons (Fsp3) is 0.587. The van der Waals surface area contributed by atoms with Gasteiger partial charge in [-0.2, -0.15) is 0 Å². The topological polar surface area (TPSA) is 396 Å². The summed E-state index contributed by atoms with van der Waals surface area (Å²) in [4.78, 5) is 81.4. The van der Waals surface area contributed by atoms with Gasteiger partial charge in [-0.3, -0.25) is 66.6 Å². The van der Waals surface area contributed by atoms with Gasteiger partial charge in [0.25, 0.3) is 11.8 Å². The Morgan fingerprint density at radius 1 is 0.628 bits per heavy atom. The van der Waals surface area contributed by atoms with Crippen LogP contribution in [0.2, 0.25) is 0 Å². The van der Waals surface area contributed by atoms with Crippen LogP contribution in [-0.4, -0.2) is 237 Å². The number of ether oxygens (including phenoxy) is 6. The first-order chi connectivity index (χ1) is 44.3. The number of halogens is 1. The molecule has 6 heterocycles. The lowest BCUT2D eigenvalue weighted by molar-refractivity contribution is -0.149. The number of aliphatic carboxylic acids is 1. The number of alkyl halides is 1. The number of benzene rings is 2. The summed E-state index contributed by atoms with van der Waals surface area (Å²) in [5, 5.41) is 28.3. The number of methoxy groups -OCH3 is 1. The number of nitrogens with two attached hydrogens (primary N) is 3. The van der Waals surface area contributed by atoms with Gasteiger partial charge in [-0.15, -0.1) is 10.2 Å². The molecular formula is C63H105BrN16O14. The van der Waals surface area contributed by atoms with E-state index in [1.807, 2.05) is 77.6 Å². The van der Waals surface area contributed by atoms with Gasteiger partial charge in [0.05, 0.1) is 86.2 Å². The fourth-order valence-corrected chi connectivity index (χ4v) is 9.09. The van der Waals surface area contributed by atoms with Crippen molar-refractivity contribution in [2.75, 3.05) is 124 Å². The Morgan fingerprint density at radius 3 is 1.36 bits per heavy atom. The standard InChI is InChI=1S/C21H28N6O3.C13H13N3O2.C10H19NO3.C8H17N3O2.C6H13NO.C3H5BrO2.C2H6O.H4N2/c1-15-9-16(2)11-17(10-15)20-22-14-27(25-20)6-5-18(28)23-24-19(29)12-26-7-8-30-13-21(26,3)4;1-9-5-10(2)7-11(6-9)13-14-8-16(15-13)4-3-12(17)18;1-4-14-9(12)7-11-5-6-13-8-10(11,2)3;1-8(2)6-13-4-3-11(8)5-7(12)10-9;1-6(2)5-8-4-3-7-6;1-6-3(5)2-4;1-2-3;1-2/h5-6,9-11,14H,7-8,12-13H2,1-4H3,(H,23,28)(H,24,29);3-8H,1-2H3,(H,17,18);4-8H2,1-3H3;3-6,9H2,1-2H3,(H,10,12);7H,3-5H2,1-2H3;2H2,1H3;3H,2H2,1H3;1-2H2/b6-5-;4-3-;;;;;;. The van der Waals surface area contributed by atoms with Crippen molar-refractivity contribution in [2.24, 2.45) is 17.5 Å². The number of rotatable bonds is 14. The number of nitrogens with zero attached hydrogens (tertiary/aromatic N) is 9. The van der Waals surface area contributed by atoms with Gasteiger partial charge in [0.2, 0.25) is 5.91 Å². The van der Waals surface area contributed by atoms with Gasteiger partial charge in [-0.05, 0) is 121 Å². The SMILES string of the molecule is CC1(C)COCCN1.CC1(C)COCCN1CC(=O)NN.CCO.CCOC(=O)CN1CCOCC1(C)C.COC(=O)CBr.Cc1cc(C)cc(-c2ncn(/C=C\C(=O)NNC(=O)CN3CCOCC3(C)C)n2)c1.Cc1cc(C)cc(-c2ncn(/C=C\C(=O)O)n2)c1.NN. The smallest absolute Gasteiger partial charge is 0.329 e. The second-order valence-corrected chi connectivity index (χ2v) is 24.5. The first-order valence-electron chi connectivity index (χ1n) is 30.5. The normalized spacial score (nSPS) is 16.9. The maximum absolute atomic E-state index is 12.1.